The summed E-state index contributed by atoms with van der Waals surface area (Å²) in [6, 6.07) is 1.12. The number of aliphatic imine (C=N–C) groups is 1. The molecule has 138 valence electrons. The second-order valence-corrected chi connectivity index (χ2v) is 5.81. The van der Waals surface area contributed by atoms with Crippen molar-refractivity contribution in [1.82, 2.24) is 15.6 Å². The number of hydrogen-bond acceptors (Lipinski definition) is 3. The molecule has 0 aliphatic heterocycles. The van der Waals surface area contributed by atoms with Crippen LogP contribution < -0.4 is 15.4 Å². The molecular formula is C16H20ClF3N4O. The normalized spacial score (nSPS) is 15.5. The number of rotatable bonds is 6. The van der Waals surface area contributed by atoms with Crippen LogP contribution in [0.5, 0.6) is 5.88 Å². The number of pyridine rings is 1. The lowest BCUT2D eigenvalue weighted by Crippen LogP contribution is -2.42. The Bertz CT molecular complexity index is 626. The molecular weight excluding hydrogens is 357 g/mol. The molecule has 9 heteroatoms. The SMILES string of the molecule is CCNC(=NCCOc1ncc(C(F)(F)F)cc1Cl)NC1CC=CC1. The van der Waals surface area contributed by atoms with Crippen molar-refractivity contribution in [3.63, 3.8) is 0 Å². The number of alkyl halides is 3. The van der Waals surface area contributed by atoms with E-state index in [0.717, 1.165) is 25.5 Å². The third-order valence-corrected chi connectivity index (χ3v) is 3.70. The topological polar surface area (TPSA) is 58.5 Å². The lowest BCUT2D eigenvalue weighted by atomic mass is 10.2. The standard InChI is InChI=1S/C16H20ClF3N4O/c1-2-21-15(24-12-5-3-4-6-12)22-7-8-25-14-13(17)9-11(10-23-14)16(18,19)20/h3-4,9-10,12H,2,5-8H2,1H3,(H2,21,22,24). The van der Waals surface area contributed by atoms with E-state index in [1.807, 2.05) is 6.92 Å². The van der Waals surface area contributed by atoms with Crippen molar-refractivity contribution in [2.24, 2.45) is 4.99 Å². The average molecular weight is 377 g/mol. The van der Waals surface area contributed by atoms with Gasteiger partial charge in [-0.15, -0.1) is 0 Å². The van der Waals surface area contributed by atoms with Gasteiger partial charge in [-0.1, -0.05) is 23.8 Å². The molecule has 25 heavy (non-hydrogen) atoms. The first-order valence-electron chi connectivity index (χ1n) is 7.95. The predicted molar refractivity (Wildman–Crippen MR) is 91.0 cm³/mol. The summed E-state index contributed by atoms with van der Waals surface area (Å²) in [6.45, 7) is 3.15. The maximum absolute atomic E-state index is 12.6. The molecule has 0 bridgehead atoms. The summed E-state index contributed by atoms with van der Waals surface area (Å²) in [5, 5.41) is 6.26. The number of nitrogens with zero attached hydrogens (tertiary/aromatic N) is 2. The van der Waals surface area contributed by atoms with Crippen LogP contribution >= 0.6 is 11.6 Å². The number of guanidine groups is 1. The molecule has 2 N–H and O–H groups in total. The van der Waals surface area contributed by atoms with Gasteiger partial charge in [0, 0.05) is 18.8 Å². The summed E-state index contributed by atoms with van der Waals surface area (Å²) in [7, 11) is 0. The van der Waals surface area contributed by atoms with Crippen LogP contribution in [0.1, 0.15) is 25.3 Å². The minimum absolute atomic E-state index is 0.0391. The lowest BCUT2D eigenvalue weighted by molar-refractivity contribution is -0.137. The maximum atomic E-state index is 12.6. The van der Waals surface area contributed by atoms with Crippen molar-refractivity contribution in [3.8, 4) is 5.88 Å². The van der Waals surface area contributed by atoms with E-state index in [2.05, 4.69) is 32.8 Å². The highest BCUT2D eigenvalue weighted by molar-refractivity contribution is 6.31. The van der Waals surface area contributed by atoms with Crippen molar-refractivity contribution in [3.05, 3.63) is 35.0 Å². The third-order valence-electron chi connectivity index (χ3n) is 3.43. The average Bonchev–Trinajstić information content (AvgIpc) is 3.05. The van der Waals surface area contributed by atoms with Crippen LogP contribution in [0.4, 0.5) is 13.2 Å². The Morgan fingerprint density at radius 3 is 2.72 bits per heavy atom. The molecule has 1 aromatic rings. The predicted octanol–water partition coefficient (Wildman–Crippen LogP) is 3.41. The molecule has 1 heterocycles. The first-order chi connectivity index (χ1) is 11.9. The summed E-state index contributed by atoms with van der Waals surface area (Å²) in [5.74, 6) is 0.633. The second-order valence-electron chi connectivity index (χ2n) is 5.40. The van der Waals surface area contributed by atoms with Crippen molar-refractivity contribution in [2.45, 2.75) is 32.0 Å². The minimum Gasteiger partial charge on any atom is -0.475 e. The van der Waals surface area contributed by atoms with Gasteiger partial charge in [0.15, 0.2) is 5.96 Å². The van der Waals surface area contributed by atoms with Gasteiger partial charge in [0.1, 0.15) is 11.6 Å². The number of aromatic nitrogens is 1. The van der Waals surface area contributed by atoms with Crippen LogP contribution in [-0.4, -0.2) is 36.7 Å². The summed E-state index contributed by atoms with van der Waals surface area (Å²) in [4.78, 5) is 7.99. The van der Waals surface area contributed by atoms with Crippen LogP contribution in [0.3, 0.4) is 0 Å². The molecule has 5 nitrogen and oxygen atoms in total. The van der Waals surface area contributed by atoms with Crippen LogP contribution in [0.25, 0.3) is 0 Å². The maximum Gasteiger partial charge on any atom is 0.417 e. The van der Waals surface area contributed by atoms with Crippen molar-refractivity contribution >= 4 is 17.6 Å². The van der Waals surface area contributed by atoms with E-state index in [4.69, 9.17) is 16.3 Å². The molecule has 0 unspecified atom stereocenters. The molecule has 1 aliphatic rings. The quantitative estimate of drug-likeness (QED) is 0.346. The van der Waals surface area contributed by atoms with Crippen molar-refractivity contribution in [1.29, 1.82) is 0 Å². The Hall–Kier alpha value is -1.96. The summed E-state index contributed by atoms with van der Waals surface area (Å²) in [5.41, 5.74) is -0.910. The zero-order chi connectivity index (χ0) is 18.3. The molecule has 0 atom stereocenters. The fourth-order valence-corrected chi connectivity index (χ4v) is 2.46. The molecule has 1 aliphatic carbocycles. The van der Waals surface area contributed by atoms with Gasteiger partial charge < -0.3 is 15.4 Å². The fourth-order valence-electron chi connectivity index (χ4n) is 2.23. The summed E-state index contributed by atoms with van der Waals surface area (Å²) < 4.78 is 43.0. The smallest absolute Gasteiger partial charge is 0.417 e. The summed E-state index contributed by atoms with van der Waals surface area (Å²) >= 11 is 5.79. The molecule has 1 aromatic heterocycles. The molecule has 0 fully saturated rings. The van der Waals surface area contributed by atoms with Crippen molar-refractivity contribution < 1.29 is 17.9 Å². The van der Waals surface area contributed by atoms with E-state index >= 15 is 0 Å². The van der Waals surface area contributed by atoms with Gasteiger partial charge in [-0.05, 0) is 25.8 Å². The zero-order valence-corrected chi connectivity index (χ0v) is 14.5. The molecule has 0 spiro atoms. The van der Waals surface area contributed by atoms with Crippen LogP contribution in [-0.2, 0) is 6.18 Å². The molecule has 0 saturated heterocycles. The zero-order valence-electron chi connectivity index (χ0n) is 13.7. The Morgan fingerprint density at radius 2 is 2.12 bits per heavy atom. The number of halogens is 4. The lowest BCUT2D eigenvalue weighted by Gasteiger charge is -2.16. The van der Waals surface area contributed by atoms with Gasteiger partial charge in [-0.2, -0.15) is 13.2 Å². The minimum atomic E-state index is -4.49. The highest BCUT2D eigenvalue weighted by Gasteiger charge is 2.31. The van der Waals surface area contributed by atoms with E-state index in [0.29, 0.717) is 24.7 Å². The van der Waals surface area contributed by atoms with Gasteiger partial charge in [0.25, 0.3) is 0 Å². The Labute approximate surface area is 149 Å². The highest BCUT2D eigenvalue weighted by Crippen LogP contribution is 2.32. The largest absolute Gasteiger partial charge is 0.475 e. The number of hydrogen-bond donors (Lipinski definition) is 2. The van der Waals surface area contributed by atoms with Gasteiger partial charge >= 0.3 is 6.18 Å². The van der Waals surface area contributed by atoms with Gasteiger partial charge in [-0.25, -0.2) is 9.98 Å². The van der Waals surface area contributed by atoms with Crippen molar-refractivity contribution in [2.75, 3.05) is 19.7 Å². The molecule has 0 radical (unpaired) electrons. The highest BCUT2D eigenvalue weighted by atomic mass is 35.5. The van der Waals surface area contributed by atoms with E-state index in [1.54, 1.807) is 0 Å². The van der Waals surface area contributed by atoms with Crippen LogP contribution in [0.2, 0.25) is 5.02 Å². The van der Waals surface area contributed by atoms with Gasteiger partial charge in [0.2, 0.25) is 5.88 Å². The van der Waals surface area contributed by atoms with E-state index < -0.39 is 11.7 Å². The van der Waals surface area contributed by atoms with Gasteiger partial charge in [0.05, 0.1) is 12.1 Å². The fraction of sp³-hybridized carbons (Fsp3) is 0.500. The van der Waals surface area contributed by atoms with Crippen LogP contribution in [0.15, 0.2) is 29.4 Å². The second kappa shape index (κ2) is 8.94. The third kappa shape index (κ3) is 6.12. The van der Waals surface area contributed by atoms with E-state index in [9.17, 15) is 13.2 Å². The molecule has 0 amide bonds. The summed E-state index contributed by atoms with van der Waals surface area (Å²) in [6.07, 6.45) is 2.34. The number of nitrogens with one attached hydrogen (secondary N) is 2. The molecule has 0 saturated carbocycles. The van der Waals surface area contributed by atoms with E-state index in [-0.39, 0.29) is 17.5 Å². The van der Waals surface area contributed by atoms with E-state index in [1.165, 1.54) is 0 Å². The Kier molecular flexibility index (Phi) is 6.92. The number of ether oxygens (including phenoxy) is 1. The molecule has 2 rings (SSSR count). The Morgan fingerprint density at radius 1 is 1.40 bits per heavy atom. The first kappa shape index (κ1) is 19.4. The van der Waals surface area contributed by atoms with Gasteiger partial charge in [-0.3, -0.25) is 0 Å². The monoisotopic (exact) mass is 376 g/mol. The molecule has 0 aromatic carbocycles. The Balaban J connectivity index is 1.85. The van der Waals surface area contributed by atoms with Crippen LogP contribution in [0, 0.1) is 0 Å². The first-order valence-corrected chi connectivity index (χ1v) is 8.33.